The van der Waals surface area contributed by atoms with Gasteiger partial charge in [-0.05, 0) is 85.7 Å². The molecule has 1 amide bonds. The van der Waals surface area contributed by atoms with E-state index in [2.05, 4.69) is 27.2 Å². The van der Waals surface area contributed by atoms with Crippen molar-refractivity contribution in [3.8, 4) is 0 Å². The number of amides is 1. The molecule has 4 N–H and O–H groups in total. The van der Waals surface area contributed by atoms with Crippen molar-refractivity contribution in [3.05, 3.63) is 87.7 Å². The van der Waals surface area contributed by atoms with Crippen molar-refractivity contribution in [2.24, 2.45) is 5.92 Å². The number of carbonyl (C=O) groups excluding carboxylic acids is 2. The standard InChI is InChI=1S/C29H28N6O4/c1-15-10-19(11-20-13-34(14-22(15)20)16(2)17-6-7-17)25(36)23-8-9-35-27(32-23)24(26(30)33-35)28(37)31-21-5-3-4-18(12-21)29(38)39/h3-5,8-12,16-17H,6-7,13-14H2,1-2H3,(H2,30,33)(H,31,37)(H,38,39)/t16-/m0/s1. The Bertz CT molecular complexity index is 1670. The lowest BCUT2D eigenvalue weighted by Gasteiger charge is -2.23. The number of nitrogens with two attached hydrogens (primary N) is 1. The number of ketones is 1. The Morgan fingerprint density at radius 3 is 2.64 bits per heavy atom. The zero-order valence-corrected chi connectivity index (χ0v) is 21.6. The zero-order valence-electron chi connectivity index (χ0n) is 21.6. The molecule has 1 saturated carbocycles. The van der Waals surface area contributed by atoms with E-state index in [-0.39, 0.29) is 39.8 Å². The van der Waals surface area contributed by atoms with Gasteiger partial charge in [-0.3, -0.25) is 14.5 Å². The Morgan fingerprint density at radius 2 is 1.90 bits per heavy atom. The number of hydrogen-bond acceptors (Lipinski definition) is 7. The number of benzene rings is 2. The molecule has 0 saturated heterocycles. The average Bonchev–Trinajstić information content (AvgIpc) is 3.58. The SMILES string of the molecule is Cc1cc(C(=O)c2ccn3nc(N)c(C(=O)Nc4cccc(C(=O)O)c4)c3n2)cc2c1CN([C@@H](C)C1CC1)C2. The summed E-state index contributed by atoms with van der Waals surface area (Å²) >= 11 is 0. The largest absolute Gasteiger partial charge is 0.478 e. The van der Waals surface area contributed by atoms with Crippen LogP contribution in [-0.4, -0.2) is 48.3 Å². The van der Waals surface area contributed by atoms with Crippen LogP contribution in [0.4, 0.5) is 11.5 Å². The Balaban J connectivity index is 1.29. The van der Waals surface area contributed by atoms with Crippen LogP contribution in [0, 0.1) is 12.8 Å². The molecule has 1 aliphatic carbocycles. The Labute approximate surface area is 224 Å². The molecule has 6 rings (SSSR count). The highest BCUT2D eigenvalue weighted by molar-refractivity contribution is 6.13. The molecule has 1 atom stereocenters. The molecule has 0 radical (unpaired) electrons. The molecule has 1 aliphatic heterocycles. The number of carbonyl (C=O) groups is 3. The van der Waals surface area contributed by atoms with Crippen molar-refractivity contribution < 1.29 is 19.5 Å². The molecular weight excluding hydrogens is 496 g/mol. The second-order valence-electron chi connectivity index (χ2n) is 10.4. The van der Waals surface area contributed by atoms with Crippen LogP contribution in [0.1, 0.15) is 73.2 Å². The first-order valence-corrected chi connectivity index (χ1v) is 12.9. The van der Waals surface area contributed by atoms with E-state index in [0.29, 0.717) is 11.6 Å². The molecule has 0 bridgehead atoms. The van der Waals surface area contributed by atoms with E-state index < -0.39 is 11.9 Å². The minimum Gasteiger partial charge on any atom is -0.478 e. The third kappa shape index (κ3) is 4.52. The molecule has 2 aromatic carbocycles. The molecule has 39 heavy (non-hydrogen) atoms. The summed E-state index contributed by atoms with van der Waals surface area (Å²) in [4.78, 5) is 44.9. The van der Waals surface area contributed by atoms with Gasteiger partial charge in [0.25, 0.3) is 5.91 Å². The first-order valence-electron chi connectivity index (χ1n) is 12.9. The summed E-state index contributed by atoms with van der Waals surface area (Å²) in [5.41, 5.74) is 10.8. The maximum Gasteiger partial charge on any atom is 0.335 e. The first kappa shape index (κ1) is 24.7. The lowest BCUT2D eigenvalue weighted by Crippen LogP contribution is -2.29. The number of aromatic carboxylic acids is 1. The van der Waals surface area contributed by atoms with Crippen LogP contribution in [0.15, 0.2) is 48.7 Å². The van der Waals surface area contributed by atoms with Gasteiger partial charge in [-0.1, -0.05) is 6.07 Å². The highest BCUT2D eigenvalue weighted by Crippen LogP contribution is 2.39. The van der Waals surface area contributed by atoms with E-state index >= 15 is 0 Å². The lowest BCUT2D eigenvalue weighted by atomic mass is 9.97. The third-order valence-corrected chi connectivity index (χ3v) is 7.78. The van der Waals surface area contributed by atoms with Gasteiger partial charge < -0.3 is 16.2 Å². The van der Waals surface area contributed by atoms with Gasteiger partial charge in [0.2, 0.25) is 5.78 Å². The van der Waals surface area contributed by atoms with Crippen LogP contribution >= 0.6 is 0 Å². The summed E-state index contributed by atoms with van der Waals surface area (Å²) in [6, 6.07) is 11.8. The van der Waals surface area contributed by atoms with Gasteiger partial charge >= 0.3 is 5.97 Å². The minimum atomic E-state index is -1.11. The number of fused-ring (bicyclic) bond motifs is 2. The molecule has 0 spiro atoms. The summed E-state index contributed by atoms with van der Waals surface area (Å²) in [6.45, 7) is 6.06. The van der Waals surface area contributed by atoms with Crippen LogP contribution in [0.2, 0.25) is 0 Å². The predicted molar refractivity (Wildman–Crippen MR) is 145 cm³/mol. The lowest BCUT2D eigenvalue weighted by molar-refractivity contribution is 0.0696. The normalized spacial score (nSPS) is 15.7. The van der Waals surface area contributed by atoms with Gasteiger partial charge in [0.1, 0.15) is 11.3 Å². The highest BCUT2D eigenvalue weighted by atomic mass is 16.4. The number of aromatic nitrogens is 3. The number of carboxylic acids is 1. The minimum absolute atomic E-state index is 0.000201. The number of nitrogens with zero attached hydrogens (tertiary/aromatic N) is 4. The van der Waals surface area contributed by atoms with E-state index in [1.807, 2.05) is 19.1 Å². The van der Waals surface area contributed by atoms with Crippen molar-refractivity contribution in [2.75, 3.05) is 11.1 Å². The highest BCUT2D eigenvalue weighted by Gasteiger charge is 2.35. The second-order valence-corrected chi connectivity index (χ2v) is 10.4. The first-order chi connectivity index (χ1) is 18.7. The van der Waals surface area contributed by atoms with Crippen molar-refractivity contribution in [1.29, 1.82) is 0 Å². The van der Waals surface area contributed by atoms with Crippen molar-refractivity contribution in [2.45, 2.75) is 45.8 Å². The molecule has 4 aromatic rings. The maximum absolute atomic E-state index is 13.6. The molecule has 0 unspecified atom stereocenters. The monoisotopic (exact) mass is 524 g/mol. The fourth-order valence-corrected chi connectivity index (χ4v) is 5.39. The summed E-state index contributed by atoms with van der Waals surface area (Å²) in [6.07, 6.45) is 4.13. The van der Waals surface area contributed by atoms with Crippen LogP contribution < -0.4 is 11.1 Å². The second kappa shape index (κ2) is 9.32. The van der Waals surface area contributed by atoms with Gasteiger partial charge in [-0.2, -0.15) is 0 Å². The Hall–Kier alpha value is -4.57. The van der Waals surface area contributed by atoms with E-state index in [0.717, 1.165) is 24.6 Å². The van der Waals surface area contributed by atoms with Gasteiger partial charge in [0.15, 0.2) is 11.5 Å². The fourth-order valence-electron chi connectivity index (χ4n) is 5.39. The van der Waals surface area contributed by atoms with Crippen LogP contribution in [-0.2, 0) is 13.1 Å². The smallest absolute Gasteiger partial charge is 0.335 e. The summed E-state index contributed by atoms with van der Waals surface area (Å²) in [5, 5.41) is 16.0. The van der Waals surface area contributed by atoms with Crippen molar-refractivity contribution in [3.63, 3.8) is 0 Å². The molecular formula is C29H28N6O4. The quantitative estimate of drug-likeness (QED) is 0.309. The summed E-state index contributed by atoms with van der Waals surface area (Å²) in [7, 11) is 0. The number of anilines is 2. The predicted octanol–water partition coefficient (Wildman–Crippen LogP) is 3.92. The Morgan fingerprint density at radius 1 is 1.10 bits per heavy atom. The van der Waals surface area contributed by atoms with E-state index in [1.165, 1.54) is 46.7 Å². The topological polar surface area (TPSA) is 143 Å². The zero-order chi connectivity index (χ0) is 27.4. The third-order valence-electron chi connectivity index (χ3n) is 7.78. The van der Waals surface area contributed by atoms with Crippen molar-refractivity contribution >= 4 is 34.8 Å². The molecule has 2 aliphatic rings. The summed E-state index contributed by atoms with van der Waals surface area (Å²) in [5.74, 6) is -1.26. The van der Waals surface area contributed by atoms with Crippen molar-refractivity contribution in [1.82, 2.24) is 19.5 Å². The van der Waals surface area contributed by atoms with Gasteiger partial charge in [0, 0.05) is 36.6 Å². The van der Waals surface area contributed by atoms with Crippen LogP contribution in [0.5, 0.6) is 0 Å². The number of nitrogens with one attached hydrogen (secondary N) is 1. The maximum atomic E-state index is 13.6. The number of hydrogen-bond donors (Lipinski definition) is 3. The molecule has 198 valence electrons. The van der Waals surface area contributed by atoms with Crippen LogP contribution in [0.3, 0.4) is 0 Å². The fraction of sp³-hybridized carbons (Fsp3) is 0.276. The number of aryl methyl sites for hydroxylation is 1. The van der Waals surface area contributed by atoms with Crippen LogP contribution in [0.25, 0.3) is 5.65 Å². The number of carboxylic acid groups (broad SMARTS) is 1. The molecule has 1 fully saturated rings. The Kier molecular flexibility index (Phi) is 5.91. The molecule has 3 heterocycles. The average molecular weight is 525 g/mol. The summed E-state index contributed by atoms with van der Waals surface area (Å²) < 4.78 is 1.35. The van der Waals surface area contributed by atoms with E-state index in [9.17, 15) is 19.5 Å². The number of nitrogen functional groups attached to an aromatic ring is 1. The molecule has 2 aromatic heterocycles. The van der Waals surface area contributed by atoms with E-state index in [4.69, 9.17) is 5.73 Å². The molecule has 10 heteroatoms. The van der Waals surface area contributed by atoms with E-state index in [1.54, 1.807) is 18.3 Å². The van der Waals surface area contributed by atoms with Gasteiger partial charge in [-0.25, -0.2) is 14.3 Å². The van der Waals surface area contributed by atoms with Gasteiger partial charge in [-0.15, -0.1) is 5.10 Å². The molecule has 10 nitrogen and oxygen atoms in total. The van der Waals surface area contributed by atoms with Gasteiger partial charge in [0.05, 0.1) is 5.56 Å². The number of rotatable bonds is 7.